The predicted molar refractivity (Wildman–Crippen MR) is 91.2 cm³/mol. The van der Waals surface area contributed by atoms with Crippen molar-refractivity contribution in [1.82, 2.24) is 0 Å². The lowest BCUT2D eigenvalue weighted by atomic mass is 9.96. The zero-order valence-corrected chi connectivity index (χ0v) is 13.1. The van der Waals surface area contributed by atoms with E-state index in [0.29, 0.717) is 16.7 Å². The minimum atomic E-state index is -0.995. The molecule has 0 unspecified atom stereocenters. The van der Waals surface area contributed by atoms with Crippen LogP contribution in [0.15, 0.2) is 62.4 Å². The molecule has 0 amide bonds. The molecule has 0 aliphatic rings. The maximum Gasteiger partial charge on any atom is 0.336 e. The molecule has 6 heteroatoms. The Bertz CT molecular complexity index is 1160. The van der Waals surface area contributed by atoms with E-state index >= 15 is 0 Å². The fraction of sp³-hybridized carbons (Fsp3) is 0.0526. The van der Waals surface area contributed by atoms with Crippen LogP contribution < -0.4 is 10.4 Å². The van der Waals surface area contributed by atoms with Crippen molar-refractivity contribution in [2.45, 2.75) is 0 Å². The number of benzene rings is 2. The molecule has 2 aromatic carbocycles. The van der Waals surface area contributed by atoms with E-state index < -0.39 is 11.6 Å². The third-order valence-corrected chi connectivity index (χ3v) is 4.07. The van der Waals surface area contributed by atoms with Crippen LogP contribution in [-0.2, 0) is 0 Å². The van der Waals surface area contributed by atoms with Crippen molar-refractivity contribution in [2.75, 3.05) is 7.11 Å². The normalized spacial score (nSPS) is 11.1. The third-order valence-electron chi connectivity index (χ3n) is 4.07. The van der Waals surface area contributed by atoms with E-state index in [-0.39, 0.29) is 11.1 Å². The Balaban J connectivity index is 2.13. The Labute approximate surface area is 140 Å². The first-order valence-electron chi connectivity index (χ1n) is 7.45. The van der Waals surface area contributed by atoms with Crippen molar-refractivity contribution in [3.05, 3.63) is 64.7 Å². The second kappa shape index (κ2) is 5.52. The molecule has 0 bridgehead atoms. The number of carboxylic acid groups (broad SMARTS) is 1. The molecule has 124 valence electrons. The van der Waals surface area contributed by atoms with Gasteiger partial charge in [-0.25, -0.2) is 9.59 Å². The van der Waals surface area contributed by atoms with Crippen molar-refractivity contribution in [3.8, 4) is 16.9 Å². The molecular formula is C19H12O6. The Morgan fingerprint density at radius 1 is 1.00 bits per heavy atom. The molecule has 0 atom stereocenters. The molecule has 6 nitrogen and oxygen atoms in total. The summed E-state index contributed by atoms with van der Waals surface area (Å²) in [5.74, 6) is -0.649. The van der Waals surface area contributed by atoms with Crippen molar-refractivity contribution >= 4 is 27.9 Å². The van der Waals surface area contributed by atoms with Crippen LogP contribution in [0.5, 0.6) is 5.75 Å². The maximum absolute atomic E-state index is 11.7. The van der Waals surface area contributed by atoms with Crippen LogP contribution in [0.4, 0.5) is 0 Å². The number of fused-ring (bicyclic) bond motifs is 2. The summed E-state index contributed by atoms with van der Waals surface area (Å²) < 4.78 is 16.3. The zero-order valence-electron chi connectivity index (χ0n) is 13.1. The largest absolute Gasteiger partial charge is 0.490 e. The van der Waals surface area contributed by atoms with Gasteiger partial charge in [0.15, 0.2) is 11.2 Å². The van der Waals surface area contributed by atoms with Crippen LogP contribution in [0.1, 0.15) is 10.4 Å². The molecule has 0 fully saturated rings. The van der Waals surface area contributed by atoms with E-state index in [1.165, 1.54) is 31.6 Å². The minimum absolute atomic E-state index is 0.191. The fourth-order valence-electron chi connectivity index (χ4n) is 2.99. The van der Waals surface area contributed by atoms with Crippen LogP contribution in [-0.4, -0.2) is 18.2 Å². The number of carboxylic acids is 1. The number of carbonyl (C=O) groups is 1. The van der Waals surface area contributed by atoms with Gasteiger partial charge in [-0.2, -0.15) is 0 Å². The first-order chi connectivity index (χ1) is 12.1. The van der Waals surface area contributed by atoms with Crippen LogP contribution >= 0.6 is 0 Å². The summed E-state index contributed by atoms with van der Waals surface area (Å²) in [5.41, 5.74) is 2.00. The molecule has 0 saturated heterocycles. The van der Waals surface area contributed by atoms with E-state index in [4.69, 9.17) is 18.7 Å². The monoisotopic (exact) mass is 336 g/mol. The Morgan fingerprint density at radius 2 is 1.72 bits per heavy atom. The van der Waals surface area contributed by atoms with Gasteiger partial charge in [0, 0.05) is 22.4 Å². The van der Waals surface area contributed by atoms with Gasteiger partial charge in [0.25, 0.3) is 0 Å². The SMILES string of the molecule is COc1c2occc2c(-c2ccc(C(=O)O)cc2)c2ccc(=O)oc12. The highest BCUT2D eigenvalue weighted by Crippen LogP contribution is 2.42. The number of furan rings is 1. The van der Waals surface area contributed by atoms with E-state index in [1.54, 1.807) is 24.3 Å². The number of hydrogen-bond donors (Lipinski definition) is 1. The summed E-state index contributed by atoms with van der Waals surface area (Å²) in [4.78, 5) is 22.7. The Kier molecular flexibility index (Phi) is 3.32. The standard InChI is InChI=1S/C19H12O6/c1-23-18-16-13(8-9-24-16)15(12-6-7-14(20)25-17(12)18)10-2-4-11(5-3-10)19(21)22/h2-9H,1H3,(H,21,22). The molecule has 0 radical (unpaired) electrons. The molecule has 0 saturated carbocycles. The zero-order chi connectivity index (χ0) is 17.6. The second-order valence-electron chi connectivity index (χ2n) is 5.45. The predicted octanol–water partition coefficient (Wildman–Crippen LogP) is 3.91. The third kappa shape index (κ3) is 2.27. The number of methoxy groups -OCH3 is 1. The van der Waals surface area contributed by atoms with Crippen molar-refractivity contribution < 1.29 is 23.5 Å². The van der Waals surface area contributed by atoms with Gasteiger partial charge in [0.2, 0.25) is 5.75 Å². The highest BCUT2D eigenvalue weighted by atomic mass is 16.5. The van der Waals surface area contributed by atoms with Crippen molar-refractivity contribution in [2.24, 2.45) is 0 Å². The molecule has 2 aromatic heterocycles. The van der Waals surface area contributed by atoms with E-state index in [0.717, 1.165) is 16.5 Å². The van der Waals surface area contributed by atoms with Crippen LogP contribution in [0.3, 0.4) is 0 Å². The van der Waals surface area contributed by atoms with Gasteiger partial charge in [0.1, 0.15) is 0 Å². The van der Waals surface area contributed by atoms with Crippen molar-refractivity contribution in [1.29, 1.82) is 0 Å². The molecule has 25 heavy (non-hydrogen) atoms. The van der Waals surface area contributed by atoms with Gasteiger partial charge in [-0.15, -0.1) is 0 Å². The van der Waals surface area contributed by atoms with Gasteiger partial charge in [-0.1, -0.05) is 12.1 Å². The number of ether oxygens (including phenoxy) is 1. The van der Waals surface area contributed by atoms with E-state index in [1.807, 2.05) is 0 Å². The van der Waals surface area contributed by atoms with Gasteiger partial charge in [-0.3, -0.25) is 0 Å². The fourth-order valence-corrected chi connectivity index (χ4v) is 2.99. The average molecular weight is 336 g/mol. The molecule has 0 spiro atoms. The quantitative estimate of drug-likeness (QED) is 0.570. The topological polar surface area (TPSA) is 89.9 Å². The molecule has 4 aromatic rings. The van der Waals surface area contributed by atoms with Gasteiger partial charge in [0.05, 0.1) is 18.9 Å². The first-order valence-corrected chi connectivity index (χ1v) is 7.45. The summed E-state index contributed by atoms with van der Waals surface area (Å²) in [5, 5.41) is 10.5. The summed E-state index contributed by atoms with van der Waals surface area (Å²) >= 11 is 0. The number of rotatable bonds is 3. The lowest BCUT2D eigenvalue weighted by Crippen LogP contribution is -1.98. The van der Waals surface area contributed by atoms with Gasteiger partial charge < -0.3 is 18.7 Å². The second-order valence-corrected chi connectivity index (χ2v) is 5.45. The molecule has 0 aliphatic carbocycles. The Morgan fingerprint density at radius 3 is 2.40 bits per heavy atom. The molecule has 4 rings (SSSR count). The lowest BCUT2D eigenvalue weighted by molar-refractivity contribution is 0.0697. The van der Waals surface area contributed by atoms with Gasteiger partial charge in [-0.05, 0) is 29.8 Å². The summed E-state index contributed by atoms with van der Waals surface area (Å²) in [7, 11) is 1.48. The summed E-state index contributed by atoms with van der Waals surface area (Å²) in [6.07, 6.45) is 1.53. The molecule has 2 heterocycles. The van der Waals surface area contributed by atoms with Crippen LogP contribution in [0.25, 0.3) is 33.1 Å². The summed E-state index contributed by atoms with van der Waals surface area (Å²) in [6.45, 7) is 0. The Hall–Kier alpha value is -3.54. The minimum Gasteiger partial charge on any atom is -0.490 e. The van der Waals surface area contributed by atoms with E-state index in [9.17, 15) is 9.59 Å². The van der Waals surface area contributed by atoms with Crippen LogP contribution in [0, 0.1) is 0 Å². The smallest absolute Gasteiger partial charge is 0.336 e. The molecule has 1 N–H and O–H groups in total. The van der Waals surface area contributed by atoms with Gasteiger partial charge >= 0.3 is 11.6 Å². The average Bonchev–Trinajstić information content (AvgIpc) is 3.08. The molecule has 0 aliphatic heterocycles. The maximum atomic E-state index is 11.7. The van der Waals surface area contributed by atoms with Crippen molar-refractivity contribution in [3.63, 3.8) is 0 Å². The summed E-state index contributed by atoms with van der Waals surface area (Å²) in [6, 6.07) is 11.3. The first kappa shape index (κ1) is 15.0. The molecular weight excluding hydrogens is 324 g/mol. The lowest BCUT2D eigenvalue weighted by Gasteiger charge is -2.11. The highest BCUT2D eigenvalue weighted by molar-refractivity contribution is 6.13. The van der Waals surface area contributed by atoms with E-state index in [2.05, 4.69) is 0 Å². The highest BCUT2D eigenvalue weighted by Gasteiger charge is 2.20. The number of aromatic carboxylic acids is 1. The van der Waals surface area contributed by atoms with Crippen LogP contribution in [0.2, 0.25) is 0 Å². The number of hydrogen-bond acceptors (Lipinski definition) is 5.